The molecule has 1 unspecified atom stereocenters. The first-order chi connectivity index (χ1) is 16.7. The summed E-state index contributed by atoms with van der Waals surface area (Å²) in [6.45, 7) is 4.39. The van der Waals surface area contributed by atoms with Crippen molar-refractivity contribution in [1.29, 1.82) is 0 Å². The third kappa shape index (κ3) is 4.20. The average Bonchev–Trinajstić information content (AvgIpc) is 3.51. The Kier molecular flexibility index (Phi) is 5.66. The third-order valence-electron chi connectivity index (χ3n) is 7.84. The number of nitrogens with one attached hydrogen (secondary N) is 1. The number of nitrogens with zero attached hydrogens (tertiary/aromatic N) is 1. The minimum Gasteiger partial charge on any atom is -0.322 e. The van der Waals surface area contributed by atoms with Gasteiger partial charge in [0.2, 0.25) is 23.4 Å². The van der Waals surface area contributed by atoms with E-state index in [0.717, 1.165) is 29.5 Å². The molecule has 2 aliphatic heterocycles. The van der Waals surface area contributed by atoms with Gasteiger partial charge in [-0.3, -0.25) is 29.3 Å². The topological polar surface area (TPSA) is 101 Å². The Morgan fingerprint density at radius 3 is 2.43 bits per heavy atom. The summed E-state index contributed by atoms with van der Waals surface area (Å²) in [6, 6.07) is 10.3. The number of imide groups is 1. The van der Waals surface area contributed by atoms with E-state index >= 15 is 0 Å². The van der Waals surface area contributed by atoms with E-state index in [9.17, 15) is 24.0 Å². The lowest BCUT2D eigenvalue weighted by atomic mass is 9.93. The van der Waals surface area contributed by atoms with Crippen molar-refractivity contribution in [3.8, 4) is 0 Å². The van der Waals surface area contributed by atoms with E-state index in [0.29, 0.717) is 24.0 Å². The average molecular weight is 473 g/mol. The highest BCUT2D eigenvalue weighted by molar-refractivity contribution is 6.43. The molecule has 1 saturated carbocycles. The van der Waals surface area contributed by atoms with E-state index in [1.54, 1.807) is 18.2 Å². The van der Waals surface area contributed by atoms with Crippen molar-refractivity contribution < 1.29 is 24.0 Å². The molecule has 0 radical (unpaired) electrons. The number of fused-ring (bicyclic) bond motifs is 1. The van der Waals surface area contributed by atoms with Crippen LogP contribution in [-0.2, 0) is 32.8 Å². The normalized spacial score (nSPS) is 20.5. The van der Waals surface area contributed by atoms with Gasteiger partial charge in [-0.05, 0) is 66.3 Å². The van der Waals surface area contributed by atoms with Crippen molar-refractivity contribution in [2.45, 2.75) is 70.4 Å². The van der Waals surface area contributed by atoms with E-state index in [2.05, 4.69) is 12.2 Å². The summed E-state index contributed by atoms with van der Waals surface area (Å²) in [5.41, 5.74) is 5.01. The van der Waals surface area contributed by atoms with Gasteiger partial charge in [0.05, 0.1) is 0 Å². The van der Waals surface area contributed by atoms with Crippen LogP contribution in [0.3, 0.4) is 0 Å². The molecule has 3 amide bonds. The number of benzene rings is 2. The number of carbonyl (C=O) groups excluding carboxylic acids is 5. The van der Waals surface area contributed by atoms with Crippen LogP contribution in [-0.4, -0.2) is 40.2 Å². The number of Topliss-reactive ketones (excluding diaryl/α,β-unsaturated/α-hetero) is 2. The number of piperidine rings is 1. The van der Waals surface area contributed by atoms with Gasteiger partial charge < -0.3 is 4.90 Å². The number of hydrogen-bond donors (Lipinski definition) is 1. The summed E-state index contributed by atoms with van der Waals surface area (Å²) >= 11 is 0. The second-order valence-electron chi connectivity index (χ2n) is 10.2. The Hall–Kier alpha value is -3.61. The van der Waals surface area contributed by atoms with Gasteiger partial charge in [-0.25, -0.2) is 0 Å². The standard InChI is InChI=1S/C28H28N2O5/c1-16-17(6-11-23(31)25(33)18-3-7-19(8-4-18)28(2)13-14-28)5-9-20-21(16)15-30(27(20)35)22-10-12-24(32)29-26(22)34/h3-5,7-9,22H,6,10-15H2,1-2H3,(H,29,32,34). The lowest BCUT2D eigenvalue weighted by Crippen LogP contribution is -2.52. The first-order valence-electron chi connectivity index (χ1n) is 12.1. The van der Waals surface area contributed by atoms with Crippen molar-refractivity contribution in [3.05, 3.63) is 69.8 Å². The maximum absolute atomic E-state index is 13.0. The maximum Gasteiger partial charge on any atom is 0.255 e. The zero-order valence-corrected chi connectivity index (χ0v) is 20.0. The maximum atomic E-state index is 13.0. The molecule has 2 aromatic carbocycles. The Balaban J connectivity index is 1.25. The molecule has 0 aromatic heterocycles. The largest absolute Gasteiger partial charge is 0.322 e. The van der Waals surface area contributed by atoms with Crippen molar-refractivity contribution >= 4 is 29.3 Å². The summed E-state index contributed by atoms with van der Waals surface area (Å²) in [7, 11) is 0. The Morgan fingerprint density at radius 2 is 1.77 bits per heavy atom. The van der Waals surface area contributed by atoms with Crippen LogP contribution in [0.4, 0.5) is 0 Å². The fourth-order valence-electron chi connectivity index (χ4n) is 5.13. The fourth-order valence-corrected chi connectivity index (χ4v) is 5.13. The van der Waals surface area contributed by atoms with Gasteiger partial charge in [-0.2, -0.15) is 0 Å². The molecule has 3 aliphatic rings. The molecule has 1 saturated heterocycles. The number of ketones is 2. The van der Waals surface area contributed by atoms with Gasteiger partial charge in [0, 0.05) is 30.5 Å². The van der Waals surface area contributed by atoms with Crippen LogP contribution in [0.1, 0.15) is 82.0 Å². The number of hydrogen-bond acceptors (Lipinski definition) is 5. The molecule has 7 nitrogen and oxygen atoms in total. The molecule has 35 heavy (non-hydrogen) atoms. The Labute approximate surface area is 203 Å². The molecule has 5 rings (SSSR count). The second-order valence-corrected chi connectivity index (χ2v) is 10.2. The van der Waals surface area contributed by atoms with E-state index in [-0.39, 0.29) is 36.6 Å². The van der Waals surface area contributed by atoms with E-state index in [1.165, 1.54) is 10.5 Å². The molecule has 2 fully saturated rings. The monoisotopic (exact) mass is 472 g/mol. The second kappa shape index (κ2) is 8.56. The highest BCUT2D eigenvalue weighted by Gasteiger charge is 2.40. The molecule has 1 atom stereocenters. The van der Waals surface area contributed by atoms with Crippen LogP contribution in [0.2, 0.25) is 0 Å². The zero-order chi connectivity index (χ0) is 24.9. The predicted molar refractivity (Wildman–Crippen MR) is 128 cm³/mol. The molecule has 180 valence electrons. The van der Waals surface area contributed by atoms with Crippen LogP contribution >= 0.6 is 0 Å². The summed E-state index contributed by atoms with van der Waals surface area (Å²) in [5, 5.41) is 2.31. The predicted octanol–water partition coefficient (Wildman–Crippen LogP) is 3.19. The molecular weight excluding hydrogens is 444 g/mol. The number of aryl methyl sites for hydroxylation is 1. The molecule has 0 spiro atoms. The Bertz CT molecular complexity index is 1270. The molecule has 7 heteroatoms. The van der Waals surface area contributed by atoms with Gasteiger partial charge in [-0.15, -0.1) is 0 Å². The van der Waals surface area contributed by atoms with Crippen LogP contribution in [0, 0.1) is 6.92 Å². The van der Waals surface area contributed by atoms with Crippen molar-refractivity contribution in [2.24, 2.45) is 0 Å². The third-order valence-corrected chi connectivity index (χ3v) is 7.84. The highest BCUT2D eigenvalue weighted by atomic mass is 16.2. The molecule has 1 aliphatic carbocycles. The zero-order valence-electron chi connectivity index (χ0n) is 20.0. The number of amides is 3. The highest BCUT2D eigenvalue weighted by Crippen LogP contribution is 2.47. The van der Waals surface area contributed by atoms with Gasteiger partial charge >= 0.3 is 0 Å². The quantitative estimate of drug-likeness (QED) is 0.379. The van der Waals surface area contributed by atoms with E-state index in [4.69, 9.17) is 0 Å². The van der Waals surface area contributed by atoms with E-state index < -0.39 is 23.5 Å². The smallest absolute Gasteiger partial charge is 0.255 e. The van der Waals surface area contributed by atoms with Gasteiger partial charge in [-0.1, -0.05) is 37.3 Å². The molecular formula is C28H28N2O5. The molecule has 2 heterocycles. The van der Waals surface area contributed by atoms with Crippen molar-refractivity contribution in [3.63, 3.8) is 0 Å². The van der Waals surface area contributed by atoms with Gasteiger partial charge in [0.25, 0.3) is 5.91 Å². The molecule has 2 aromatic rings. The Morgan fingerprint density at radius 1 is 1.06 bits per heavy atom. The number of rotatable bonds is 7. The fraction of sp³-hybridized carbons (Fsp3) is 0.393. The van der Waals surface area contributed by atoms with E-state index in [1.807, 2.05) is 25.1 Å². The summed E-state index contributed by atoms with van der Waals surface area (Å²) in [6.07, 6.45) is 3.30. The minimum atomic E-state index is -0.663. The van der Waals surface area contributed by atoms with Gasteiger partial charge in [0.15, 0.2) is 0 Å². The first kappa shape index (κ1) is 23.1. The molecule has 1 N–H and O–H groups in total. The van der Waals surface area contributed by atoms with Crippen molar-refractivity contribution in [2.75, 3.05) is 0 Å². The lowest BCUT2D eigenvalue weighted by Gasteiger charge is -2.29. The van der Waals surface area contributed by atoms with Crippen LogP contribution < -0.4 is 5.32 Å². The first-order valence-corrected chi connectivity index (χ1v) is 12.1. The van der Waals surface area contributed by atoms with Gasteiger partial charge in [0.1, 0.15) is 6.04 Å². The lowest BCUT2D eigenvalue weighted by molar-refractivity contribution is -0.137. The number of carbonyl (C=O) groups is 5. The van der Waals surface area contributed by atoms with Crippen LogP contribution in [0.25, 0.3) is 0 Å². The SMILES string of the molecule is Cc1c(CCC(=O)C(=O)c2ccc(C3(C)CC3)cc2)ccc2c1CN(C1CCC(=O)NC1=O)C2=O. The van der Waals surface area contributed by atoms with Crippen LogP contribution in [0.15, 0.2) is 36.4 Å². The molecule has 0 bridgehead atoms. The summed E-state index contributed by atoms with van der Waals surface area (Å²) in [4.78, 5) is 63.5. The van der Waals surface area contributed by atoms with Crippen molar-refractivity contribution in [1.82, 2.24) is 10.2 Å². The van der Waals surface area contributed by atoms with Crippen LogP contribution in [0.5, 0.6) is 0 Å². The summed E-state index contributed by atoms with van der Waals surface area (Å²) < 4.78 is 0. The summed E-state index contributed by atoms with van der Waals surface area (Å²) in [5.74, 6) is -1.89. The minimum absolute atomic E-state index is 0.0860.